The van der Waals surface area contributed by atoms with Crippen LogP contribution in [-0.4, -0.2) is 21.3 Å². The molecule has 96 valence electrons. The third-order valence-electron chi connectivity index (χ3n) is 4.24. The first-order chi connectivity index (χ1) is 9.25. The third kappa shape index (κ3) is 1.51. The molecule has 2 aliphatic carbocycles. The zero-order valence-electron chi connectivity index (χ0n) is 10.1. The summed E-state index contributed by atoms with van der Waals surface area (Å²) >= 11 is 0. The van der Waals surface area contributed by atoms with E-state index in [1.165, 1.54) is 11.1 Å². The molecule has 0 aliphatic heterocycles. The average molecular weight is 256 g/mol. The van der Waals surface area contributed by atoms with Crippen LogP contribution in [0.5, 0.6) is 0 Å². The molecule has 3 atom stereocenters. The maximum Gasteiger partial charge on any atom is 0.393 e. The van der Waals surface area contributed by atoms with Crippen LogP contribution in [0.3, 0.4) is 0 Å². The number of aryl methyl sites for hydroxylation is 1. The Bertz CT molecular complexity index is 664. The maximum absolute atomic E-state index is 10.8. The molecule has 0 saturated heterocycles. The monoisotopic (exact) mass is 256 g/mol. The van der Waals surface area contributed by atoms with Crippen LogP contribution in [0, 0.1) is 5.92 Å². The highest BCUT2D eigenvalue weighted by Crippen LogP contribution is 2.64. The van der Waals surface area contributed by atoms with Gasteiger partial charge >= 0.3 is 11.9 Å². The Balaban J connectivity index is 1.68. The van der Waals surface area contributed by atoms with E-state index in [4.69, 9.17) is 9.52 Å². The smallest absolute Gasteiger partial charge is 0.393 e. The number of hydrogen-bond acceptors (Lipinski definition) is 4. The Hall–Kier alpha value is -2.17. The summed E-state index contributed by atoms with van der Waals surface area (Å²) in [6.07, 6.45) is 2.19. The van der Waals surface area contributed by atoms with E-state index in [2.05, 4.69) is 28.4 Å². The van der Waals surface area contributed by atoms with Crippen molar-refractivity contribution in [2.75, 3.05) is 0 Å². The normalized spacial score (nSPS) is 27.5. The van der Waals surface area contributed by atoms with Gasteiger partial charge in [0, 0.05) is 5.92 Å². The number of carboxylic acid groups (broad SMARTS) is 1. The number of aromatic nitrogens is 2. The number of fused-ring (bicyclic) bond motifs is 3. The molecule has 1 saturated carbocycles. The Morgan fingerprint density at radius 3 is 2.89 bits per heavy atom. The van der Waals surface area contributed by atoms with Crippen molar-refractivity contribution in [1.29, 1.82) is 0 Å². The predicted octanol–water partition coefficient (Wildman–Crippen LogP) is 2.21. The van der Waals surface area contributed by atoms with Crippen LogP contribution in [0.15, 0.2) is 28.7 Å². The molecule has 5 nitrogen and oxygen atoms in total. The number of carboxylic acids is 1. The molecule has 1 aromatic carbocycles. The van der Waals surface area contributed by atoms with Crippen LogP contribution in [0.1, 0.15) is 46.0 Å². The van der Waals surface area contributed by atoms with E-state index in [0.717, 1.165) is 12.8 Å². The molecular formula is C14H12N2O3. The third-order valence-corrected chi connectivity index (χ3v) is 4.24. The topological polar surface area (TPSA) is 76.2 Å². The summed E-state index contributed by atoms with van der Waals surface area (Å²) in [5.74, 6) is 0.145. The van der Waals surface area contributed by atoms with Gasteiger partial charge < -0.3 is 9.52 Å². The van der Waals surface area contributed by atoms with Crippen LogP contribution >= 0.6 is 0 Å². The van der Waals surface area contributed by atoms with Gasteiger partial charge in [-0.1, -0.05) is 24.3 Å². The van der Waals surface area contributed by atoms with Crippen molar-refractivity contribution in [2.45, 2.75) is 24.7 Å². The van der Waals surface area contributed by atoms with Gasteiger partial charge in [0.2, 0.25) is 5.89 Å². The first-order valence-corrected chi connectivity index (χ1v) is 6.40. The molecule has 1 aromatic heterocycles. The summed E-state index contributed by atoms with van der Waals surface area (Å²) in [7, 11) is 0. The molecule has 0 spiro atoms. The summed E-state index contributed by atoms with van der Waals surface area (Å²) in [6, 6.07) is 8.43. The van der Waals surface area contributed by atoms with E-state index >= 15 is 0 Å². The SMILES string of the molecule is O=C(O)c1nnc(C2C3CCc4ccccc4C32)o1. The number of carbonyl (C=O) groups is 1. The summed E-state index contributed by atoms with van der Waals surface area (Å²) < 4.78 is 5.25. The van der Waals surface area contributed by atoms with Crippen molar-refractivity contribution in [1.82, 2.24) is 10.2 Å². The first-order valence-electron chi connectivity index (χ1n) is 6.40. The van der Waals surface area contributed by atoms with Gasteiger partial charge in [-0.2, -0.15) is 0 Å². The number of aromatic carboxylic acids is 1. The Morgan fingerprint density at radius 2 is 2.11 bits per heavy atom. The van der Waals surface area contributed by atoms with Gasteiger partial charge in [0.1, 0.15) is 0 Å². The number of nitrogens with zero attached hydrogens (tertiary/aromatic N) is 2. The lowest BCUT2D eigenvalue weighted by Crippen LogP contribution is -2.00. The summed E-state index contributed by atoms with van der Waals surface area (Å²) in [5.41, 5.74) is 2.75. The number of rotatable bonds is 2. The van der Waals surface area contributed by atoms with Crippen molar-refractivity contribution < 1.29 is 14.3 Å². The molecule has 2 aliphatic rings. The lowest BCUT2D eigenvalue weighted by molar-refractivity contribution is 0.0651. The first kappa shape index (κ1) is 10.7. The van der Waals surface area contributed by atoms with Gasteiger partial charge in [0.05, 0.1) is 0 Å². The molecule has 4 rings (SSSR count). The van der Waals surface area contributed by atoms with E-state index in [-0.39, 0.29) is 11.8 Å². The van der Waals surface area contributed by atoms with Crippen LogP contribution < -0.4 is 0 Å². The molecule has 0 bridgehead atoms. The van der Waals surface area contributed by atoms with Gasteiger partial charge in [-0.3, -0.25) is 0 Å². The largest absolute Gasteiger partial charge is 0.474 e. The minimum atomic E-state index is -1.16. The van der Waals surface area contributed by atoms with Crippen LogP contribution in [-0.2, 0) is 6.42 Å². The summed E-state index contributed by atoms with van der Waals surface area (Å²) in [4.78, 5) is 10.8. The standard InChI is InChI=1S/C14H12N2O3/c17-14(18)13-16-15-12(19-13)11-9-6-5-7-3-1-2-4-8(7)10(9)11/h1-4,9-11H,5-6H2,(H,17,18). The van der Waals surface area contributed by atoms with Crippen LogP contribution in [0.2, 0.25) is 0 Å². The highest BCUT2D eigenvalue weighted by atomic mass is 16.4. The molecule has 1 N–H and O–H groups in total. The van der Waals surface area contributed by atoms with Crippen molar-refractivity contribution in [2.24, 2.45) is 5.92 Å². The lowest BCUT2D eigenvalue weighted by Gasteiger charge is -2.13. The van der Waals surface area contributed by atoms with Gasteiger partial charge in [0.25, 0.3) is 0 Å². The molecule has 3 unspecified atom stereocenters. The second-order valence-electron chi connectivity index (χ2n) is 5.20. The fraction of sp³-hybridized carbons (Fsp3) is 0.357. The Morgan fingerprint density at radius 1 is 1.26 bits per heavy atom. The van der Waals surface area contributed by atoms with Crippen LogP contribution in [0.25, 0.3) is 0 Å². The van der Waals surface area contributed by atoms with E-state index in [9.17, 15) is 4.79 Å². The molecule has 1 fully saturated rings. The van der Waals surface area contributed by atoms with Gasteiger partial charge in [-0.25, -0.2) is 4.79 Å². The molecule has 1 heterocycles. The predicted molar refractivity (Wildman–Crippen MR) is 65.0 cm³/mol. The fourth-order valence-electron chi connectivity index (χ4n) is 3.36. The number of benzene rings is 1. The van der Waals surface area contributed by atoms with Crippen molar-refractivity contribution in [3.63, 3.8) is 0 Å². The summed E-state index contributed by atoms with van der Waals surface area (Å²) in [5, 5.41) is 16.3. The van der Waals surface area contributed by atoms with Gasteiger partial charge in [0.15, 0.2) is 0 Å². The minimum absolute atomic E-state index is 0.198. The molecule has 19 heavy (non-hydrogen) atoms. The van der Waals surface area contributed by atoms with Crippen LogP contribution in [0.4, 0.5) is 0 Å². The molecule has 5 heteroatoms. The van der Waals surface area contributed by atoms with Gasteiger partial charge in [-0.15, -0.1) is 10.2 Å². The Kier molecular flexibility index (Phi) is 2.07. The molecular weight excluding hydrogens is 244 g/mol. The quantitative estimate of drug-likeness (QED) is 0.891. The average Bonchev–Trinajstić information content (AvgIpc) is 2.96. The summed E-state index contributed by atoms with van der Waals surface area (Å²) in [6.45, 7) is 0. The van der Waals surface area contributed by atoms with Gasteiger partial charge in [-0.05, 0) is 35.8 Å². The lowest BCUT2D eigenvalue weighted by atomic mass is 9.92. The molecule has 0 amide bonds. The van der Waals surface area contributed by atoms with E-state index in [1.807, 2.05) is 6.07 Å². The van der Waals surface area contributed by atoms with Crippen molar-refractivity contribution in [3.05, 3.63) is 47.2 Å². The zero-order chi connectivity index (χ0) is 13.0. The zero-order valence-corrected chi connectivity index (χ0v) is 10.1. The second-order valence-corrected chi connectivity index (χ2v) is 5.20. The molecule has 2 aromatic rings. The van der Waals surface area contributed by atoms with E-state index in [1.54, 1.807) is 0 Å². The minimum Gasteiger partial charge on any atom is -0.474 e. The van der Waals surface area contributed by atoms with E-state index in [0.29, 0.717) is 17.7 Å². The highest BCUT2D eigenvalue weighted by Gasteiger charge is 2.56. The highest BCUT2D eigenvalue weighted by molar-refractivity contribution is 5.81. The molecule has 0 radical (unpaired) electrons. The fourth-order valence-corrected chi connectivity index (χ4v) is 3.36. The maximum atomic E-state index is 10.8. The van der Waals surface area contributed by atoms with Crippen molar-refractivity contribution >= 4 is 5.97 Å². The Labute approximate surface area is 109 Å². The second kappa shape index (κ2) is 3.66. The van der Waals surface area contributed by atoms with E-state index < -0.39 is 5.97 Å². The number of hydrogen-bond donors (Lipinski definition) is 1. The van der Waals surface area contributed by atoms with Crippen molar-refractivity contribution in [3.8, 4) is 0 Å².